The summed E-state index contributed by atoms with van der Waals surface area (Å²) >= 11 is 1.69. The highest BCUT2D eigenvalue weighted by atomic mass is 32.1. The number of aryl methyl sites for hydroxylation is 1. The van der Waals surface area contributed by atoms with Crippen molar-refractivity contribution in [1.29, 1.82) is 0 Å². The molecule has 1 unspecified atom stereocenters. The van der Waals surface area contributed by atoms with Gasteiger partial charge in [-0.3, -0.25) is 0 Å². The van der Waals surface area contributed by atoms with Crippen molar-refractivity contribution in [3.05, 3.63) is 39.8 Å². The molecule has 5 heteroatoms. The maximum atomic E-state index is 5.49. The average molecular weight is 292 g/mol. The molecule has 0 spiro atoms. The first-order valence-electron chi connectivity index (χ1n) is 6.57. The van der Waals surface area contributed by atoms with Gasteiger partial charge in [-0.25, -0.2) is 4.98 Å². The summed E-state index contributed by atoms with van der Waals surface area (Å²) in [5.41, 5.74) is 1.07. The maximum Gasteiger partial charge on any atom is 0.124 e. The summed E-state index contributed by atoms with van der Waals surface area (Å²) in [7, 11) is 3.36. The lowest BCUT2D eigenvalue weighted by molar-refractivity contribution is 0.394. The van der Waals surface area contributed by atoms with Crippen LogP contribution in [0.4, 0.5) is 0 Å². The van der Waals surface area contributed by atoms with Gasteiger partial charge in [0.15, 0.2) is 0 Å². The molecule has 108 valence electrons. The van der Waals surface area contributed by atoms with Crippen molar-refractivity contribution in [3.8, 4) is 11.5 Å². The van der Waals surface area contributed by atoms with E-state index in [-0.39, 0.29) is 6.04 Å². The summed E-state index contributed by atoms with van der Waals surface area (Å²) in [5, 5.41) is 4.55. The van der Waals surface area contributed by atoms with E-state index >= 15 is 0 Å². The third-order valence-electron chi connectivity index (χ3n) is 3.08. The monoisotopic (exact) mass is 292 g/mol. The number of methoxy groups -OCH3 is 2. The lowest BCUT2D eigenvalue weighted by Crippen LogP contribution is -2.21. The SMILES string of the molecule is CCNC(c1cnc(C)s1)c1cc(OC)ccc1OC. The van der Waals surface area contributed by atoms with Crippen LogP contribution in [-0.4, -0.2) is 25.7 Å². The Morgan fingerprint density at radius 3 is 2.65 bits per heavy atom. The van der Waals surface area contributed by atoms with Crippen LogP contribution in [-0.2, 0) is 0 Å². The lowest BCUT2D eigenvalue weighted by Gasteiger charge is -2.20. The van der Waals surface area contributed by atoms with Crippen LogP contribution in [0.1, 0.15) is 28.4 Å². The normalized spacial score (nSPS) is 12.2. The molecule has 20 heavy (non-hydrogen) atoms. The number of hydrogen-bond acceptors (Lipinski definition) is 5. The molecule has 2 aromatic rings. The van der Waals surface area contributed by atoms with Crippen LogP contribution in [0.5, 0.6) is 11.5 Å². The van der Waals surface area contributed by atoms with Crippen LogP contribution in [0.15, 0.2) is 24.4 Å². The van der Waals surface area contributed by atoms with Crippen LogP contribution in [0, 0.1) is 6.92 Å². The molecular weight excluding hydrogens is 272 g/mol. The number of nitrogens with one attached hydrogen (secondary N) is 1. The molecule has 1 heterocycles. The smallest absolute Gasteiger partial charge is 0.124 e. The molecule has 0 radical (unpaired) electrons. The van der Waals surface area contributed by atoms with Gasteiger partial charge >= 0.3 is 0 Å². The van der Waals surface area contributed by atoms with Gasteiger partial charge in [-0.2, -0.15) is 0 Å². The molecule has 2 rings (SSSR count). The molecule has 4 nitrogen and oxygen atoms in total. The summed E-state index contributed by atoms with van der Waals surface area (Å²) in [5.74, 6) is 1.67. The Labute approximate surface area is 123 Å². The molecular formula is C15H20N2O2S. The van der Waals surface area contributed by atoms with E-state index in [1.807, 2.05) is 31.3 Å². The minimum atomic E-state index is 0.0660. The second-order valence-electron chi connectivity index (χ2n) is 4.38. The van der Waals surface area contributed by atoms with Crippen LogP contribution >= 0.6 is 11.3 Å². The second kappa shape index (κ2) is 6.72. The van der Waals surface area contributed by atoms with E-state index in [9.17, 15) is 0 Å². The van der Waals surface area contributed by atoms with Crippen molar-refractivity contribution in [1.82, 2.24) is 10.3 Å². The number of ether oxygens (including phenoxy) is 2. The summed E-state index contributed by atoms with van der Waals surface area (Å²) < 4.78 is 10.8. The predicted octanol–water partition coefficient (Wildman–Crippen LogP) is 3.17. The number of thiazole rings is 1. The van der Waals surface area contributed by atoms with Crippen molar-refractivity contribution in [2.75, 3.05) is 20.8 Å². The van der Waals surface area contributed by atoms with Gasteiger partial charge in [0.05, 0.1) is 25.3 Å². The van der Waals surface area contributed by atoms with E-state index in [0.29, 0.717) is 0 Å². The molecule has 1 N–H and O–H groups in total. The van der Waals surface area contributed by atoms with Gasteiger partial charge in [0.25, 0.3) is 0 Å². The zero-order valence-electron chi connectivity index (χ0n) is 12.3. The van der Waals surface area contributed by atoms with Gasteiger partial charge in [-0.05, 0) is 31.7 Å². The lowest BCUT2D eigenvalue weighted by atomic mass is 10.0. The molecule has 0 aliphatic carbocycles. The highest BCUT2D eigenvalue weighted by Gasteiger charge is 2.20. The molecule has 0 fully saturated rings. The van der Waals surface area contributed by atoms with Crippen molar-refractivity contribution < 1.29 is 9.47 Å². The first kappa shape index (κ1) is 14.8. The van der Waals surface area contributed by atoms with Crippen molar-refractivity contribution >= 4 is 11.3 Å². The fraction of sp³-hybridized carbons (Fsp3) is 0.400. The first-order valence-corrected chi connectivity index (χ1v) is 7.38. The van der Waals surface area contributed by atoms with E-state index in [0.717, 1.165) is 28.6 Å². The number of hydrogen-bond donors (Lipinski definition) is 1. The van der Waals surface area contributed by atoms with Crippen LogP contribution < -0.4 is 14.8 Å². The molecule has 1 aromatic carbocycles. The Kier molecular flexibility index (Phi) is 4.98. The summed E-state index contributed by atoms with van der Waals surface area (Å²) in [6.45, 7) is 4.97. The Morgan fingerprint density at radius 1 is 1.30 bits per heavy atom. The Morgan fingerprint density at radius 2 is 2.10 bits per heavy atom. The molecule has 0 amide bonds. The summed E-state index contributed by atoms with van der Waals surface area (Å²) in [6.07, 6.45) is 1.92. The Bertz CT molecular complexity index is 569. The van der Waals surface area contributed by atoms with E-state index in [1.54, 1.807) is 25.6 Å². The van der Waals surface area contributed by atoms with Crippen LogP contribution in [0.2, 0.25) is 0 Å². The number of rotatable bonds is 6. The third kappa shape index (κ3) is 3.11. The second-order valence-corrected chi connectivity index (χ2v) is 5.65. The first-order chi connectivity index (χ1) is 9.69. The molecule has 0 aliphatic rings. The highest BCUT2D eigenvalue weighted by Crippen LogP contribution is 2.35. The number of aromatic nitrogens is 1. The largest absolute Gasteiger partial charge is 0.497 e. The molecule has 0 saturated carbocycles. The third-order valence-corrected chi connectivity index (χ3v) is 4.06. The van der Waals surface area contributed by atoms with E-state index in [2.05, 4.69) is 17.2 Å². The summed E-state index contributed by atoms with van der Waals surface area (Å²) in [6, 6.07) is 5.92. The fourth-order valence-electron chi connectivity index (χ4n) is 2.14. The predicted molar refractivity (Wildman–Crippen MR) is 81.9 cm³/mol. The van der Waals surface area contributed by atoms with Crippen LogP contribution in [0.25, 0.3) is 0 Å². The molecule has 0 saturated heterocycles. The maximum absolute atomic E-state index is 5.49. The highest BCUT2D eigenvalue weighted by molar-refractivity contribution is 7.11. The molecule has 0 aliphatic heterocycles. The molecule has 1 atom stereocenters. The van der Waals surface area contributed by atoms with Gasteiger partial charge in [-0.1, -0.05) is 6.92 Å². The van der Waals surface area contributed by atoms with Crippen molar-refractivity contribution in [3.63, 3.8) is 0 Å². The molecule has 1 aromatic heterocycles. The zero-order valence-corrected chi connectivity index (χ0v) is 13.1. The van der Waals surface area contributed by atoms with Gasteiger partial charge in [0.2, 0.25) is 0 Å². The van der Waals surface area contributed by atoms with Gasteiger partial charge in [-0.15, -0.1) is 11.3 Å². The average Bonchev–Trinajstić information content (AvgIpc) is 2.90. The topological polar surface area (TPSA) is 43.4 Å². The van der Waals surface area contributed by atoms with Crippen LogP contribution in [0.3, 0.4) is 0 Å². The quantitative estimate of drug-likeness (QED) is 0.888. The molecule has 0 bridgehead atoms. The van der Waals surface area contributed by atoms with Crippen molar-refractivity contribution in [2.24, 2.45) is 0 Å². The Hall–Kier alpha value is -1.59. The van der Waals surface area contributed by atoms with Gasteiger partial charge in [0, 0.05) is 16.6 Å². The van der Waals surface area contributed by atoms with E-state index in [1.165, 1.54) is 4.88 Å². The number of nitrogens with zero attached hydrogens (tertiary/aromatic N) is 1. The van der Waals surface area contributed by atoms with Gasteiger partial charge in [0.1, 0.15) is 11.5 Å². The Balaban J connectivity index is 2.47. The van der Waals surface area contributed by atoms with Gasteiger partial charge < -0.3 is 14.8 Å². The number of benzene rings is 1. The van der Waals surface area contributed by atoms with Crippen molar-refractivity contribution in [2.45, 2.75) is 19.9 Å². The summed E-state index contributed by atoms with van der Waals surface area (Å²) in [4.78, 5) is 5.53. The van der Waals surface area contributed by atoms with E-state index < -0.39 is 0 Å². The fourth-order valence-corrected chi connectivity index (χ4v) is 3.02. The minimum absolute atomic E-state index is 0.0660. The zero-order chi connectivity index (χ0) is 14.5. The minimum Gasteiger partial charge on any atom is -0.497 e. The van der Waals surface area contributed by atoms with E-state index in [4.69, 9.17) is 9.47 Å². The standard InChI is InChI=1S/C15H20N2O2S/c1-5-16-15(14-9-17-10(2)20-14)12-8-11(18-3)6-7-13(12)19-4/h6-9,15-16H,5H2,1-4H3.